The van der Waals surface area contributed by atoms with Crippen LogP contribution in [0.15, 0.2) is 58.1 Å². The molecule has 2 aromatic rings. The van der Waals surface area contributed by atoms with E-state index in [1.54, 1.807) is 13.3 Å². The molecule has 0 aliphatic carbocycles. The average Bonchev–Trinajstić information content (AvgIpc) is 3.13. The molecule has 5 heteroatoms. The van der Waals surface area contributed by atoms with Crippen LogP contribution in [-0.2, 0) is 17.8 Å². The Morgan fingerprint density at radius 3 is 2.62 bits per heavy atom. The van der Waals surface area contributed by atoms with Gasteiger partial charge in [0.25, 0.3) is 0 Å². The Morgan fingerprint density at radius 1 is 1.04 bits per heavy atom. The van der Waals surface area contributed by atoms with E-state index in [2.05, 4.69) is 27.8 Å². The minimum absolute atomic E-state index is 0.685. The normalized spacial score (nSPS) is 11.5. The molecule has 0 spiro atoms. The molecule has 2 N–H and O–H groups in total. The summed E-state index contributed by atoms with van der Waals surface area (Å²) in [5.41, 5.74) is 1.22. The van der Waals surface area contributed by atoms with E-state index in [9.17, 15) is 0 Å². The first kappa shape index (κ1) is 18.1. The van der Waals surface area contributed by atoms with Crippen LogP contribution in [0.4, 0.5) is 0 Å². The molecule has 2 rings (SSSR count). The fourth-order valence-corrected chi connectivity index (χ4v) is 2.28. The van der Waals surface area contributed by atoms with Crippen molar-refractivity contribution in [2.75, 3.05) is 26.7 Å². The predicted molar refractivity (Wildman–Crippen MR) is 97.1 cm³/mol. The summed E-state index contributed by atoms with van der Waals surface area (Å²) in [4.78, 5) is 4.21. The zero-order chi connectivity index (χ0) is 16.9. The molecule has 24 heavy (non-hydrogen) atoms. The van der Waals surface area contributed by atoms with Gasteiger partial charge in [0.15, 0.2) is 5.96 Å². The van der Waals surface area contributed by atoms with Crippen LogP contribution in [0.5, 0.6) is 0 Å². The molecule has 5 nitrogen and oxygen atoms in total. The van der Waals surface area contributed by atoms with Gasteiger partial charge in [0.05, 0.1) is 12.9 Å². The van der Waals surface area contributed by atoms with E-state index in [1.165, 1.54) is 5.56 Å². The van der Waals surface area contributed by atoms with Crippen molar-refractivity contribution >= 4 is 5.96 Å². The van der Waals surface area contributed by atoms with Crippen molar-refractivity contribution in [2.45, 2.75) is 25.9 Å². The largest absolute Gasteiger partial charge is 0.469 e. The molecule has 0 saturated carbocycles. The zero-order valence-corrected chi connectivity index (χ0v) is 14.3. The highest BCUT2D eigenvalue weighted by atomic mass is 16.5. The summed E-state index contributed by atoms with van der Waals surface area (Å²) in [6.07, 6.45) is 4.63. The number of hydrogen-bond acceptors (Lipinski definition) is 3. The van der Waals surface area contributed by atoms with Gasteiger partial charge in [-0.2, -0.15) is 0 Å². The molecule has 1 heterocycles. The standard InChI is InChI=1S/C19H27N3O2/c1-20-19(22-13-11-18-10-7-15-24-18)21-12-5-6-14-23-16-17-8-3-2-4-9-17/h2-4,7-10,15H,5-6,11-14,16H2,1H3,(H2,20,21,22). The number of ether oxygens (including phenoxy) is 1. The molecule has 0 aliphatic heterocycles. The van der Waals surface area contributed by atoms with Crippen LogP contribution >= 0.6 is 0 Å². The molecule has 0 atom stereocenters. The molecule has 0 saturated heterocycles. The zero-order valence-electron chi connectivity index (χ0n) is 14.3. The second kappa shape index (κ2) is 11.3. The fourth-order valence-electron chi connectivity index (χ4n) is 2.28. The highest BCUT2D eigenvalue weighted by molar-refractivity contribution is 5.79. The first-order valence-electron chi connectivity index (χ1n) is 8.47. The van der Waals surface area contributed by atoms with Crippen LogP contribution in [0.25, 0.3) is 0 Å². The second-order valence-electron chi connectivity index (χ2n) is 5.50. The monoisotopic (exact) mass is 329 g/mol. The van der Waals surface area contributed by atoms with E-state index in [4.69, 9.17) is 9.15 Å². The van der Waals surface area contributed by atoms with Crippen molar-refractivity contribution in [3.05, 3.63) is 60.1 Å². The lowest BCUT2D eigenvalue weighted by molar-refractivity contribution is 0.117. The number of guanidine groups is 1. The van der Waals surface area contributed by atoms with Crippen molar-refractivity contribution in [3.8, 4) is 0 Å². The maximum Gasteiger partial charge on any atom is 0.190 e. The van der Waals surface area contributed by atoms with Crippen molar-refractivity contribution in [1.29, 1.82) is 0 Å². The summed E-state index contributed by atoms with van der Waals surface area (Å²) in [5.74, 6) is 1.81. The molecule has 0 aliphatic rings. The van der Waals surface area contributed by atoms with E-state index in [1.807, 2.05) is 30.3 Å². The Hall–Kier alpha value is -2.27. The molecule has 1 aromatic heterocycles. The van der Waals surface area contributed by atoms with Crippen LogP contribution in [0, 0.1) is 0 Å². The number of rotatable bonds is 10. The summed E-state index contributed by atoms with van der Waals surface area (Å²) in [6.45, 7) is 3.15. The maximum absolute atomic E-state index is 5.68. The lowest BCUT2D eigenvalue weighted by Gasteiger charge is -2.11. The van der Waals surface area contributed by atoms with E-state index >= 15 is 0 Å². The molecule has 0 amide bonds. The Bertz CT molecular complexity index is 568. The molecule has 0 fully saturated rings. The lowest BCUT2D eigenvalue weighted by Crippen LogP contribution is -2.38. The SMILES string of the molecule is CN=C(NCCCCOCc1ccccc1)NCCc1ccco1. The lowest BCUT2D eigenvalue weighted by atomic mass is 10.2. The van der Waals surface area contributed by atoms with Crippen LogP contribution in [0.2, 0.25) is 0 Å². The maximum atomic E-state index is 5.68. The molecule has 0 radical (unpaired) electrons. The summed E-state index contributed by atoms with van der Waals surface area (Å²) >= 11 is 0. The highest BCUT2D eigenvalue weighted by Crippen LogP contribution is 2.01. The minimum Gasteiger partial charge on any atom is -0.469 e. The molecular formula is C19H27N3O2. The molecule has 1 aromatic carbocycles. The van der Waals surface area contributed by atoms with Gasteiger partial charge in [-0.1, -0.05) is 30.3 Å². The third kappa shape index (κ3) is 7.33. The third-order valence-corrected chi connectivity index (χ3v) is 3.59. The number of furan rings is 1. The summed E-state index contributed by atoms with van der Waals surface area (Å²) in [7, 11) is 1.78. The van der Waals surface area contributed by atoms with E-state index in [-0.39, 0.29) is 0 Å². The number of benzene rings is 1. The Kier molecular flexibility index (Phi) is 8.51. The van der Waals surface area contributed by atoms with Crippen LogP contribution in [0.3, 0.4) is 0 Å². The van der Waals surface area contributed by atoms with Gasteiger partial charge in [-0.05, 0) is 30.5 Å². The quantitative estimate of drug-likeness (QED) is 0.400. The van der Waals surface area contributed by atoms with Gasteiger partial charge in [-0.3, -0.25) is 4.99 Å². The van der Waals surface area contributed by atoms with Gasteiger partial charge in [0, 0.05) is 33.2 Å². The fraction of sp³-hybridized carbons (Fsp3) is 0.421. The number of unbranched alkanes of at least 4 members (excludes halogenated alkanes) is 1. The minimum atomic E-state index is 0.685. The Morgan fingerprint density at radius 2 is 1.88 bits per heavy atom. The predicted octanol–water partition coefficient (Wildman–Crippen LogP) is 2.98. The van der Waals surface area contributed by atoms with Crippen LogP contribution in [-0.4, -0.2) is 32.7 Å². The summed E-state index contributed by atoms with van der Waals surface area (Å²) in [6, 6.07) is 14.1. The smallest absolute Gasteiger partial charge is 0.190 e. The van der Waals surface area contributed by atoms with Crippen molar-refractivity contribution in [1.82, 2.24) is 10.6 Å². The molecule has 130 valence electrons. The number of aliphatic imine (C=N–C) groups is 1. The van der Waals surface area contributed by atoms with Crippen molar-refractivity contribution in [2.24, 2.45) is 4.99 Å². The van der Waals surface area contributed by atoms with Gasteiger partial charge in [0.1, 0.15) is 5.76 Å². The van der Waals surface area contributed by atoms with E-state index in [0.717, 1.165) is 50.7 Å². The van der Waals surface area contributed by atoms with Gasteiger partial charge in [0.2, 0.25) is 0 Å². The highest BCUT2D eigenvalue weighted by Gasteiger charge is 1.99. The topological polar surface area (TPSA) is 58.8 Å². The van der Waals surface area contributed by atoms with Gasteiger partial charge >= 0.3 is 0 Å². The number of hydrogen-bond donors (Lipinski definition) is 2. The Balaban J connectivity index is 1.46. The molecular weight excluding hydrogens is 302 g/mol. The first-order valence-corrected chi connectivity index (χ1v) is 8.47. The van der Waals surface area contributed by atoms with Crippen LogP contribution < -0.4 is 10.6 Å². The number of nitrogens with one attached hydrogen (secondary N) is 2. The molecule has 0 bridgehead atoms. The van der Waals surface area contributed by atoms with Crippen molar-refractivity contribution in [3.63, 3.8) is 0 Å². The van der Waals surface area contributed by atoms with Gasteiger partial charge < -0.3 is 19.8 Å². The Labute approximate surface area is 144 Å². The van der Waals surface area contributed by atoms with Gasteiger partial charge in [-0.25, -0.2) is 0 Å². The summed E-state index contributed by atoms with van der Waals surface area (Å²) < 4.78 is 11.0. The average molecular weight is 329 g/mol. The number of nitrogens with zero attached hydrogens (tertiary/aromatic N) is 1. The van der Waals surface area contributed by atoms with E-state index < -0.39 is 0 Å². The first-order chi connectivity index (χ1) is 11.9. The van der Waals surface area contributed by atoms with Crippen molar-refractivity contribution < 1.29 is 9.15 Å². The molecule has 0 unspecified atom stereocenters. The van der Waals surface area contributed by atoms with E-state index in [0.29, 0.717) is 6.61 Å². The summed E-state index contributed by atoms with van der Waals surface area (Å²) in [5, 5.41) is 6.59. The van der Waals surface area contributed by atoms with Crippen LogP contribution in [0.1, 0.15) is 24.2 Å². The van der Waals surface area contributed by atoms with Gasteiger partial charge in [-0.15, -0.1) is 0 Å². The second-order valence-corrected chi connectivity index (χ2v) is 5.50. The third-order valence-electron chi connectivity index (χ3n) is 3.59.